The third-order valence-electron chi connectivity index (χ3n) is 5.90. The SMILES string of the molecule is CC(C)CS(=O)(=O)N1CCC(Oc2cc(N3CCc4cc(S(C)(=O)=O)ccc43)ncn2)CC1. The van der Waals surface area contributed by atoms with E-state index < -0.39 is 19.9 Å². The second-order valence-corrected chi connectivity index (χ2v) is 13.1. The van der Waals surface area contributed by atoms with Gasteiger partial charge >= 0.3 is 0 Å². The number of hydrogen-bond acceptors (Lipinski definition) is 8. The van der Waals surface area contributed by atoms with Crippen molar-refractivity contribution in [2.45, 2.75) is 44.1 Å². The summed E-state index contributed by atoms with van der Waals surface area (Å²) in [6.45, 7) is 5.39. The standard InChI is InChI=1S/C22H30N4O5S2/c1-16(2)14-33(29,30)25-9-7-18(8-10-25)31-22-13-21(23-15-24-22)26-11-6-17-12-19(32(3,27)28)4-5-20(17)26/h4-5,12-13,15-16,18H,6-11,14H2,1-3H3. The topological polar surface area (TPSA) is 110 Å². The van der Waals surface area contributed by atoms with Crippen molar-refractivity contribution in [2.24, 2.45) is 5.92 Å². The molecule has 0 radical (unpaired) electrons. The van der Waals surface area contributed by atoms with Gasteiger partial charge in [-0.1, -0.05) is 13.8 Å². The average Bonchev–Trinajstić information content (AvgIpc) is 3.16. The second-order valence-electron chi connectivity index (χ2n) is 9.07. The molecule has 180 valence electrons. The third kappa shape index (κ3) is 5.47. The van der Waals surface area contributed by atoms with Crippen LogP contribution >= 0.6 is 0 Å². The zero-order chi connectivity index (χ0) is 23.8. The lowest BCUT2D eigenvalue weighted by Gasteiger charge is -2.31. The van der Waals surface area contributed by atoms with Gasteiger partial charge < -0.3 is 9.64 Å². The Hall–Kier alpha value is -2.24. The maximum Gasteiger partial charge on any atom is 0.218 e. The highest BCUT2D eigenvalue weighted by molar-refractivity contribution is 7.90. The van der Waals surface area contributed by atoms with E-state index in [0.29, 0.717) is 49.1 Å². The normalized spacial score (nSPS) is 18.0. The number of nitrogens with zero attached hydrogens (tertiary/aromatic N) is 4. The number of benzene rings is 1. The molecular weight excluding hydrogens is 464 g/mol. The molecule has 0 N–H and O–H groups in total. The second kappa shape index (κ2) is 9.19. The summed E-state index contributed by atoms with van der Waals surface area (Å²) >= 11 is 0. The maximum absolute atomic E-state index is 12.5. The summed E-state index contributed by atoms with van der Waals surface area (Å²) in [6, 6.07) is 6.94. The van der Waals surface area contributed by atoms with Crippen molar-refractivity contribution in [1.29, 1.82) is 0 Å². The fourth-order valence-corrected chi connectivity index (χ4v) is 6.81. The Labute approximate surface area is 195 Å². The van der Waals surface area contributed by atoms with E-state index in [9.17, 15) is 16.8 Å². The molecule has 0 unspecified atom stereocenters. The van der Waals surface area contributed by atoms with E-state index in [1.807, 2.05) is 24.8 Å². The molecule has 0 bridgehead atoms. The predicted molar refractivity (Wildman–Crippen MR) is 126 cm³/mol. The number of sulfonamides is 1. The zero-order valence-corrected chi connectivity index (χ0v) is 20.8. The molecule has 33 heavy (non-hydrogen) atoms. The number of fused-ring (bicyclic) bond motifs is 1. The van der Waals surface area contributed by atoms with Crippen LogP contribution in [0.5, 0.6) is 5.88 Å². The predicted octanol–water partition coefficient (Wildman–Crippen LogP) is 2.40. The molecule has 1 saturated heterocycles. The van der Waals surface area contributed by atoms with Crippen LogP contribution in [0.3, 0.4) is 0 Å². The first-order chi connectivity index (χ1) is 15.5. The summed E-state index contributed by atoms with van der Waals surface area (Å²) in [5, 5.41) is 0. The number of rotatable bonds is 7. The monoisotopic (exact) mass is 494 g/mol. The molecule has 0 aliphatic carbocycles. The van der Waals surface area contributed by atoms with Crippen molar-refractivity contribution >= 4 is 31.4 Å². The molecule has 0 spiro atoms. The Morgan fingerprint density at radius 1 is 1.06 bits per heavy atom. The van der Waals surface area contributed by atoms with Crippen LogP contribution in [0.1, 0.15) is 32.3 Å². The summed E-state index contributed by atoms with van der Waals surface area (Å²) in [7, 11) is -6.48. The Kier molecular flexibility index (Phi) is 6.66. The number of sulfone groups is 1. The van der Waals surface area contributed by atoms with Crippen LogP contribution in [0.15, 0.2) is 35.5 Å². The van der Waals surface area contributed by atoms with Gasteiger partial charge in [0.2, 0.25) is 15.9 Å². The highest BCUT2D eigenvalue weighted by Crippen LogP contribution is 2.35. The van der Waals surface area contributed by atoms with Crippen LogP contribution in [0, 0.1) is 5.92 Å². The van der Waals surface area contributed by atoms with E-state index >= 15 is 0 Å². The molecule has 2 aliphatic heterocycles. The van der Waals surface area contributed by atoms with Gasteiger partial charge in [-0.05, 0) is 48.9 Å². The van der Waals surface area contributed by atoms with Gasteiger partial charge in [0.1, 0.15) is 18.2 Å². The van der Waals surface area contributed by atoms with Crippen molar-refractivity contribution in [3.8, 4) is 5.88 Å². The van der Waals surface area contributed by atoms with Gasteiger partial charge in [-0.2, -0.15) is 0 Å². The highest BCUT2D eigenvalue weighted by Gasteiger charge is 2.30. The Morgan fingerprint density at radius 3 is 2.45 bits per heavy atom. The first kappa shape index (κ1) is 23.9. The van der Waals surface area contributed by atoms with Crippen molar-refractivity contribution in [2.75, 3.05) is 36.5 Å². The molecule has 4 rings (SSSR count). The van der Waals surface area contributed by atoms with Crippen LogP contribution in [0.4, 0.5) is 11.5 Å². The lowest BCUT2D eigenvalue weighted by molar-refractivity contribution is 0.129. The van der Waals surface area contributed by atoms with Gasteiger partial charge in [0.15, 0.2) is 9.84 Å². The summed E-state index contributed by atoms with van der Waals surface area (Å²) in [4.78, 5) is 11.0. The minimum atomic E-state index is -3.25. The van der Waals surface area contributed by atoms with Gasteiger partial charge in [0.25, 0.3) is 0 Å². The van der Waals surface area contributed by atoms with E-state index in [1.165, 1.54) is 12.6 Å². The number of anilines is 2. The van der Waals surface area contributed by atoms with Crippen LogP contribution in [-0.4, -0.2) is 68.9 Å². The van der Waals surface area contributed by atoms with Gasteiger partial charge in [-0.25, -0.2) is 31.1 Å². The minimum Gasteiger partial charge on any atom is -0.474 e. The van der Waals surface area contributed by atoms with Gasteiger partial charge in [0.05, 0.1) is 10.6 Å². The van der Waals surface area contributed by atoms with E-state index in [4.69, 9.17) is 4.74 Å². The number of hydrogen-bond donors (Lipinski definition) is 0. The molecule has 2 aromatic rings. The van der Waals surface area contributed by atoms with E-state index in [-0.39, 0.29) is 17.8 Å². The zero-order valence-electron chi connectivity index (χ0n) is 19.1. The maximum atomic E-state index is 12.5. The molecule has 1 aromatic carbocycles. The van der Waals surface area contributed by atoms with Gasteiger partial charge in [0, 0.05) is 37.6 Å². The Balaban J connectivity index is 1.42. The lowest BCUT2D eigenvalue weighted by Crippen LogP contribution is -2.43. The molecule has 9 nitrogen and oxygen atoms in total. The molecule has 1 aromatic heterocycles. The van der Waals surface area contributed by atoms with Crippen molar-refractivity contribution < 1.29 is 21.6 Å². The smallest absolute Gasteiger partial charge is 0.218 e. The molecule has 3 heterocycles. The van der Waals surface area contributed by atoms with Crippen molar-refractivity contribution in [3.63, 3.8) is 0 Å². The van der Waals surface area contributed by atoms with Crippen molar-refractivity contribution in [3.05, 3.63) is 36.2 Å². The lowest BCUT2D eigenvalue weighted by atomic mass is 10.1. The van der Waals surface area contributed by atoms with Gasteiger partial charge in [-0.15, -0.1) is 0 Å². The Bertz CT molecular complexity index is 1220. The number of aromatic nitrogens is 2. The van der Waals surface area contributed by atoms with Crippen LogP contribution in [0.2, 0.25) is 0 Å². The third-order valence-corrected chi connectivity index (χ3v) is 9.25. The van der Waals surface area contributed by atoms with E-state index in [1.54, 1.807) is 22.5 Å². The summed E-state index contributed by atoms with van der Waals surface area (Å²) in [6.07, 6.45) is 4.49. The van der Waals surface area contributed by atoms with E-state index in [0.717, 1.165) is 17.7 Å². The molecule has 1 fully saturated rings. The number of ether oxygens (including phenoxy) is 1. The minimum absolute atomic E-state index is 0.0945. The quantitative estimate of drug-likeness (QED) is 0.577. The molecule has 0 amide bonds. The summed E-state index contributed by atoms with van der Waals surface area (Å²) < 4.78 is 56.2. The van der Waals surface area contributed by atoms with Crippen LogP contribution < -0.4 is 9.64 Å². The van der Waals surface area contributed by atoms with Crippen LogP contribution in [-0.2, 0) is 26.3 Å². The fraction of sp³-hybridized carbons (Fsp3) is 0.545. The summed E-state index contributed by atoms with van der Waals surface area (Å²) in [5.74, 6) is 1.39. The van der Waals surface area contributed by atoms with Crippen LogP contribution in [0.25, 0.3) is 0 Å². The summed E-state index contributed by atoms with van der Waals surface area (Å²) in [5.41, 5.74) is 1.89. The molecule has 2 aliphatic rings. The Morgan fingerprint density at radius 2 is 1.79 bits per heavy atom. The van der Waals surface area contributed by atoms with Gasteiger partial charge in [-0.3, -0.25) is 0 Å². The van der Waals surface area contributed by atoms with E-state index in [2.05, 4.69) is 9.97 Å². The molecular formula is C22H30N4O5S2. The first-order valence-electron chi connectivity index (χ1n) is 11.1. The molecule has 11 heteroatoms. The number of piperidine rings is 1. The first-order valence-corrected chi connectivity index (χ1v) is 14.6. The molecule has 0 atom stereocenters. The van der Waals surface area contributed by atoms with Crippen molar-refractivity contribution in [1.82, 2.24) is 14.3 Å². The molecule has 0 saturated carbocycles. The fourth-order valence-electron chi connectivity index (χ4n) is 4.31. The largest absolute Gasteiger partial charge is 0.474 e. The average molecular weight is 495 g/mol. The highest BCUT2D eigenvalue weighted by atomic mass is 32.2.